The van der Waals surface area contributed by atoms with Gasteiger partial charge < -0.3 is 34.4 Å². The first kappa shape index (κ1) is 51.1. The van der Waals surface area contributed by atoms with Crippen molar-refractivity contribution >= 4 is 63.4 Å². The van der Waals surface area contributed by atoms with Crippen molar-refractivity contribution in [2.45, 2.75) is 146 Å². The molecule has 2 N–H and O–H groups in total. The summed E-state index contributed by atoms with van der Waals surface area (Å²) in [6.07, 6.45) is 13.9. The minimum atomic E-state index is -0.736. The molecule has 1 atom stereocenters. The van der Waals surface area contributed by atoms with Crippen molar-refractivity contribution in [1.82, 2.24) is 34.6 Å². The number of para-hydroxylation sites is 1. The topological polar surface area (TPSA) is 156 Å². The third-order valence-corrected chi connectivity index (χ3v) is 18.9. The fourth-order valence-corrected chi connectivity index (χ4v) is 14.2. The zero-order valence-corrected chi connectivity index (χ0v) is 44.9. The van der Waals surface area contributed by atoms with Gasteiger partial charge >= 0.3 is 0 Å². The van der Waals surface area contributed by atoms with Gasteiger partial charge in [-0.2, -0.15) is 0 Å². The molecule has 4 saturated heterocycles. The lowest BCUT2D eigenvalue weighted by molar-refractivity contribution is -0.143. The van der Waals surface area contributed by atoms with Crippen LogP contribution in [0.15, 0.2) is 79.1 Å². The molecule has 12 rings (SSSR count). The summed E-state index contributed by atoms with van der Waals surface area (Å²) in [5, 5.41) is 5.75. The standard InChI is InChI=1S/C61H73FN10O5/c1-38(2)71-37-63-52-36-51(65-56(55(52)71)64-50-10-6-5-9-49(50)62)42-17-21-48-53(33-42)72(46-34-45(35-46)68-27-7-4-8-28-68)60(77)61(48)25-31-70(32-26-61)59(76)41-13-11-40(12-14-41)58(75)69-29-23-44(24-30-69)67(3)43-18-15-39(16-19-43)47-20-22-54(73)66-57(47)74/h5-6,9-10,15-19,21,33,36-38,40-41,44-47H,4,7-8,11-14,20,22-32,34-35H2,1-3H3,(H,64,65)(H,66,73,74)/t40-,41-,45-,46+,47?. The number of halogens is 1. The Balaban J connectivity index is 0.701. The van der Waals surface area contributed by atoms with Crippen molar-refractivity contribution in [3.8, 4) is 11.3 Å². The Kier molecular flexibility index (Phi) is 13.9. The van der Waals surface area contributed by atoms with E-state index in [-0.39, 0.29) is 71.2 Å². The maximum atomic E-state index is 15.3. The van der Waals surface area contributed by atoms with Gasteiger partial charge in [0.1, 0.15) is 11.3 Å². The van der Waals surface area contributed by atoms with Gasteiger partial charge in [0.25, 0.3) is 0 Å². The fraction of sp³-hybridized carbons (Fsp3) is 0.525. The van der Waals surface area contributed by atoms with Crippen LogP contribution in [0.3, 0.4) is 0 Å². The van der Waals surface area contributed by atoms with Crippen LogP contribution in [0.2, 0.25) is 0 Å². The molecule has 2 saturated carbocycles. The number of imide groups is 1. The van der Waals surface area contributed by atoms with Crippen molar-refractivity contribution in [2.75, 3.05) is 61.4 Å². The highest BCUT2D eigenvalue weighted by Crippen LogP contribution is 2.53. The number of piperidine rings is 4. The first-order chi connectivity index (χ1) is 37.3. The van der Waals surface area contributed by atoms with Crippen LogP contribution >= 0.6 is 0 Å². The van der Waals surface area contributed by atoms with Crippen molar-refractivity contribution in [1.29, 1.82) is 0 Å². The SMILES string of the molecule is CC(C)n1cnc2cc(-c3ccc4c(c3)N([C@H]3C[C@@H](N5CCCCC5)C3)C(=O)C43CCN(C(=O)[C@H]4CC[C@H](C(=O)N5CCC(N(C)c6ccc(C7CCC(=O)NC7=O)cc6)CC5)CC4)CC3)nc(Nc3ccccc3F)c21. The summed E-state index contributed by atoms with van der Waals surface area (Å²) >= 11 is 0. The Labute approximate surface area is 450 Å². The van der Waals surface area contributed by atoms with Gasteiger partial charge in [-0.15, -0.1) is 0 Å². The largest absolute Gasteiger partial charge is 0.371 e. The lowest BCUT2D eigenvalue weighted by Crippen LogP contribution is -2.58. The lowest BCUT2D eigenvalue weighted by atomic mass is 9.72. The summed E-state index contributed by atoms with van der Waals surface area (Å²) in [5.41, 5.74) is 6.60. The lowest BCUT2D eigenvalue weighted by Gasteiger charge is -2.48. The van der Waals surface area contributed by atoms with E-state index in [1.807, 2.05) is 51.0 Å². The molecule has 1 spiro atoms. The molecule has 7 heterocycles. The van der Waals surface area contributed by atoms with Crippen LogP contribution < -0.4 is 20.4 Å². The van der Waals surface area contributed by atoms with E-state index in [9.17, 15) is 19.2 Å². The number of hydrogen-bond donors (Lipinski definition) is 2. The number of pyridine rings is 1. The third-order valence-electron chi connectivity index (χ3n) is 18.9. The van der Waals surface area contributed by atoms with Crippen molar-refractivity contribution < 1.29 is 28.4 Å². The average Bonchev–Trinajstić information content (AvgIpc) is 4.20. The Morgan fingerprint density at radius 2 is 1.45 bits per heavy atom. The van der Waals surface area contributed by atoms with Crippen LogP contribution in [-0.2, 0) is 29.4 Å². The number of rotatable bonds is 11. The fourth-order valence-electron chi connectivity index (χ4n) is 14.2. The van der Waals surface area contributed by atoms with Crippen molar-refractivity contribution in [2.24, 2.45) is 11.8 Å². The second kappa shape index (κ2) is 20.9. The number of anilines is 4. The molecule has 404 valence electrons. The average molecular weight is 1050 g/mol. The normalized spacial score (nSPS) is 25.0. The number of hydrogen-bond acceptors (Lipinski definition) is 10. The van der Waals surface area contributed by atoms with E-state index in [0.717, 1.165) is 77.9 Å². The Hall–Kier alpha value is -6.68. The number of carbonyl (C=O) groups is 5. The van der Waals surface area contributed by atoms with Crippen LogP contribution in [0.5, 0.6) is 0 Å². The van der Waals surface area contributed by atoms with Gasteiger partial charge in [-0.1, -0.05) is 42.8 Å². The van der Waals surface area contributed by atoms with Gasteiger partial charge in [-0.05, 0) is 158 Å². The third kappa shape index (κ3) is 9.56. The summed E-state index contributed by atoms with van der Waals surface area (Å²) in [6.45, 7) is 8.82. The molecular formula is C61H73FN10O5. The van der Waals surface area contributed by atoms with Gasteiger partial charge in [0.05, 0.1) is 34.6 Å². The number of benzene rings is 3. The minimum Gasteiger partial charge on any atom is -0.371 e. The highest BCUT2D eigenvalue weighted by Gasteiger charge is 2.56. The summed E-state index contributed by atoms with van der Waals surface area (Å²) in [4.78, 5) is 88.7. The molecule has 7 aliphatic rings. The number of fused-ring (bicyclic) bond motifs is 3. The zero-order chi connectivity index (χ0) is 53.1. The van der Waals surface area contributed by atoms with E-state index in [4.69, 9.17) is 9.97 Å². The number of aromatic nitrogens is 3. The van der Waals surface area contributed by atoms with Crippen LogP contribution in [0.4, 0.5) is 27.3 Å². The number of carbonyl (C=O) groups excluding carboxylic acids is 5. The summed E-state index contributed by atoms with van der Waals surface area (Å²) in [5.74, 6) is -0.308. The predicted octanol–water partition coefficient (Wildman–Crippen LogP) is 9.24. The van der Waals surface area contributed by atoms with E-state index >= 15 is 9.18 Å². The second-order valence-corrected chi connectivity index (χ2v) is 23.6. The monoisotopic (exact) mass is 1040 g/mol. The molecule has 15 nitrogen and oxygen atoms in total. The van der Waals surface area contributed by atoms with Gasteiger partial charge in [-0.25, -0.2) is 14.4 Å². The van der Waals surface area contributed by atoms with Gasteiger partial charge in [0.15, 0.2) is 5.82 Å². The van der Waals surface area contributed by atoms with Crippen molar-refractivity contribution in [3.05, 3.63) is 96.1 Å². The van der Waals surface area contributed by atoms with E-state index in [1.165, 1.54) is 25.3 Å². The van der Waals surface area contributed by atoms with Gasteiger partial charge in [0.2, 0.25) is 29.5 Å². The van der Waals surface area contributed by atoms with E-state index in [0.29, 0.717) is 101 Å². The van der Waals surface area contributed by atoms with Gasteiger partial charge in [-0.3, -0.25) is 29.3 Å². The molecule has 5 amide bonds. The molecule has 0 radical (unpaired) electrons. The quantitative estimate of drug-likeness (QED) is 0.122. The maximum Gasteiger partial charge on any atom is 0.238 e. The summed E-state index contributed by atoms with van der Waals surface area (Å²) < 4.78 is 17.2. The van der Waals surface area contributed by atoms with Crippen LogP contribution in [-0.4, -0.2) is 123 Å². The molecule has 0 bridgehead atoms. The predicted molar refractivity (Wildman–Crippen MR) is 295 cm³/mol. The van der Waals surface area contributed by atoms with Crippen molar-refractivity contribution in [3.63, 3.8) is 0 Å². The molecule has 77 heavy (non-hydrogen) atoms. The zero-order valence-electron chi connectivity index (χ0n) is 44.9. The molecule has 6 fully saturated rings. The van der Waals surface area contributed by atoms with E-state index in [2.05, 4.69) is 64.4 Å². The maximum absolute atomic E-state index is 15.3. The number of imidazole rings is 1. The van der Waals surface area contributed by atoms with E-state index < -0.39 is 5.41 Å². The molecule has 2 aromatic heterocycles. The summed E-state index contributed by atoms with van der Waals surface area (Å²) in [7, 11) is 2.09. The number of likely N-dealkylation sites (tertiary alicyclic amines) is 3. The Morgan fingerprint density at radius 3 is 2.12 bits per heavy atom. The van der Waals surface area contributed by atoms with E-state index in [1.54, 1.807) is 18.2 Å². The molecule has 16 heteroatoms. The molecule has 3 aromatic carbocycles. The highest BCUT2D eigenvalue weighted by molar-refractivity contribution is 6.09. The van der Waals surface area contributed by atoms with Crippen LogP contribution in [0.25, 0.3) is 22.3 Å². The number of nitrogens with zero attached hydrogens (tertiary/aromatic N) is 8. The first-order valence-electron chi connectivity index (χ1n) is 28.7. The Morgan fingerprint density at radius 1 is 0.779 bits per heavy atom. The summed E-state index contributed by atoms with van der Waals surface area (Å²) in [6, 6.07) is 23.9. The minimum absolute atomic E-state index is 0.0774. The van der Waals surface area contributed by atoms with Gasteiger partial charge in [0, 0.05) is 92.6 Å². The molecule has 5 aromatic rings. The highest BCUT2D eigenvalue weighted by atomic mass is 19.1. The number of amides is 5. The number of nitrogens with one attached hydrogen (secondary N) is 2. The molecule has 5 aliphatic heterocycles. The second-order valence-electron chi connectivity index (χ2n) is 23.6. The first-order valence-corrected chi connectivity index (χ1v) is 28.7. The molecule has 2 aliphatic carbocycles. The smallest absolute Gasteiger partial charge is 0.238 e. The Bertz CT molecular complexity index is 3070. The van der Waals surface area contributed by atoms with Crippen LogP contribution in [0, 0.1) is 17.7 Å². The van der Waals surface area contributed by atoms with Crippen LogP contribution in [0.1, 0.15) is 133 Å². The molecular weight excluding hydrogens is 972 g/mol. The molecule has 1 unspecified atom stereocenters.